The van der Waals surface area contributed by atoms with Gasteiger partial charge in [0.25, 0.3) is 5.56 Å². The van der Waals surface area contributed by atoms with Gasteiger partial charge in [0.15, 0.2) is 0 Å². The van der Waals surface area contributed by atoms with Gasteiger partial charge in [0.05, 0.1) is 0 Å². The first-order valence-corrected chi connectivity index (χ1v) is 6.14. The minimum absolute atomic E-state index is 0.0284. The highest BCUT2D eigenvalue weighted by Gasteiger charge is 2.12. The van der Waals surface area contributed by atoms with Crippen molar-refractivity contribution in [2.75, 3.05) is 11.2 Å². The Bertz CT molecular complexity index is 636. The molecule has 6 nitrogen and oxygen atoms in total. The van der Waals surface area contributed by atoms with E-state index in [1.54, 1.807) is 24.3 Å². The molecule has 0 saturated heterocycles. The Morgan fingerprint density at radius 3 is 2.47 bits per heavy atom. The SMILES string of the molecule is CC(C)c1nnc(Nc2ccc(Cl)cc2)n(N)c1=O. The summed E-state index contributed by atoms with van der Waals surface area (Å²) in [6.07, 6.45) is 0. The lowest BCUT2D eigenvalue weighted by atomic mass is 10.1. The summed E-state index contributed by atoms with van der Waals surface area (Å²) in [5, 5.41) is 11.4. The van der Waals surface area contributed by atoms with Crippen LogP contribution in [0.15, 0.2) is 29.1 Å². The summed E-state index contributed by atoms with van der Waals surface area (Å²) in [4.78, 5) is 11.9. The van der Waals surface area contributed by atoms with Gasteiger partial charge in [0.2, 0.25) is 5.95 Å². The summed E-state index contributed by atoms with van der Waals surface area (Å²) < 4.78 is 0.955. The number of nitrogens with two attached hydrogens (primary N) is 1. The molecule has 0 bridgehead atoms. The molecular formula is C12H14ClN5O. The molecule has 0 amide bonds. The van der Waals surface area contributed by atoms with Gasteiger partial charge in [-0.05, 0) is 24.3 Å². The highest BCUT2D eigenvalue weighted by Crippen LogP contribution is 2.16. The summed E-state index contributed by atoms with van der Waals surface area (Å²) in [6, 6.07) is 6.95. The third-order valence-corrected chi connectivity index (χ3v) is 2.82. The average Bonchev–Trinajstić information content (AvgIpc) is 2.37. The fourth-order valence-electron chi connectivity index (χ4n) is 1.52. The largest absolute Gasteiger partial charge is 0.333 e. The maximum Gasteiger partial charge on any atom is 0.295 e. The van der Waals surface area contributed by atoms with Gasteiger partial charge in [-0.15, -0.1) is 10.2 Å². The molecule has 0 unspecified atom stereocenters. The second-order valence-corrected chi connectivity index (χ2v) is 4.81. The number of nitrogens with zero attached hydrogens (tertiary/aromatic N) is 3. The Morgan fingerprint density at radius 1 is 1.26 bits per heavy atom. The fourth-order valence-corrected chi connectivity index (χ4v) is 1.65. The predicted molar refractivity (Wildman–Crippen MR) is 75.3 cm³/mol. The van der Waals surface area contributed by atoms with Crippen LogP contribution in [-0.2, 0) is 0 Å². The molecule has 100 valence electrons. The number of hydrogen-bond donors (Lipinski definition) is 2. The van der Waals surface area contributed by atoms with Crippen molar-refractivity contribution in [1.82, 2.24) is 14.9 Å². The highest BCUT2D eigenvalue weighted by atomic mass is 35.5. The summed E-state index contributed by atoms with van der Waals surface area (Å²) in [7, 11) is 0. The number of nitrogen functional groups attached to an aromatic ring is 1. The van der Waals surface area contributed by atoms with E-state index in [1.807, 2.05) is 13.8 Å². The Hall–Kier alpha value is -2.08. The molecule has 1 heterocycles. The van der Waals surface area contributed by atoms with Crippen molar-refractivity contribution >= 4 is 23.2 Å². The van der Waals surface area contributed by atoms with Gasteiger partial charge in [0.1, 0.15) is 5.69 Å². The zero-order valence-corrected chi connectivity index (χ0v) is 11.3. The number of aromatic nitrogens is 3. The van der Waals surface area contributed by atoms with Crippen LogP contribution >= 0.6 is 11.6 Å². The smallest absolute Gasteiger partial charge is 0.295 e. The number of nitrogens with one attached hydrogen (secondary N) is 1. The Labute approximate surface area is 115 Å². The van der Waals surface area contributed by atoms with E-state index in [1.165, 1.54) is 0 Å². The molecular weight excluding hydrogens is 266 g/mol. The van der Waals surface area contributed by atoms with Crippen LogP contribution < -0.4 is 16.7 Å². The molecule has 2 aromatic rings. The molecule has 0 saturated carbocycles. The number of halogens is 1. The third-order valence-electron chi connectivity index (χ3n) is 2.57. The van der Waals surface area contributed by atoms with E-state index in [2.05, 4.69) is 15.5 Å². The summed E-state index contributed by atoms with van der Waals surface area (Å²) in [5.41, 5.74) is 0.695. The van der Waals surface area contributed by atoms with Crippen LogP contribution in [0, 0.1) is 0 Å². The van der Waals surface area contributed by atoms with Crippen LogP contribution in [0.1, 0.15) is 25.5 Å². The van der Waals surface area contributed by atoms with Crippen molar-refractivity contribution in [2.24, 2.45) is 0 Å². The molecule has 7 heteroatoms. The van der Waals surface area contributed by atoms with Gasteiger partial charge in [-0.25, -0.2) is 0 Å². The van der Waals surface area contributed by atoms with E-state index >= 15 is 0 Å². The van der Waals surface area contributed by atoms with E-state index in [9.17, 15) is 4.79 Å². The van der Waals surface area contributed by atoms with Crippen molar-refractivity contribution in [3.8, 4) is 0 Å². The Balaban J connectivity index is 2.34. The second kappa shape index (κ2) is 5.27. The first-order chi connectivity index (χ1) is 8.99. The van der Waals surface area contributed by atoms with Crippen molar-refractivity contribution in [3.63, 3.8) is 0 Å². The lowest BCUT2D eigenvalue weighted by Gasteiger charge is -2.11. The monoisotopic (exact) mass is 279 g/mol. The van der Waals surface area contributed by atoms with E-state index < -0.39 is 0 Å². The molecule has 0 spiro atoms. The van der Waals surface area contributed by atoms with Gasteiger partial charge in [-0.2, -0.15) is 4.68 Å². The summed E-state index contributed by atoms with van der Waals surface area (Å²) in [6.45, 7) is 3.72. The van der Waals surface area contributed by atoms with Crippen LogP contribution in [0.4, 0.5) is 11.6 Å². The number of rotatable bonds is 3. The molecule has 1 aromatic heterocycles. The van der Waals surface area contributed by atoms with Gasteiger partial charge in [-0.3, -0.25) is 4.79 Å². The van der Waals surface area contributed by atoms with Crippen LogP contribution in [0.5, 0.6) is 0 Å². The van der Waals surface area contributed by atoms with Crippen LogP contribution in [0.2, 0.25) is 5.02 Å². The van der Waals surface area contributed by atoms with Crippen molar-refractivity contribution in [2.45, 2.75) is 19.8 Å². The average molecular weight is 280 g/mol. The summed E-state index contributed by atoms with van der Waals surface area (Å²) >= 11 is 5.79. The Kier molecular flexibility index (Phi) is 3.71. The van der Waals surface area contributed by atoms with Crippen molar-refractivity contribution < 1.29 is 0 Å². The maximum absolute atomic E-state index is 11.9. The first-order valence-electron chi connectivity index (χ1n) is 5.76. The number of benzene rings is 1. The van der Waals surface area contributed by atoms with Gasteiger partial charge >= 0.3 is 0 Å². The molecule has 3 N–H and O–H groups in total. The van der Waals surface area contributed by atoms with Gasteiger partial charge in [0, 0.05) is 16.6 Å². The second-order valence-electron chi connectivity index (χ2n) is 4.37. The standard InChI is InChI=1S/C12H14ClN5O/c1-7(2)10-11(19)18(14)12(17-16-10)15-9-5-3-8(13)4-6-9/h3-7H,14H2,1-2H3,(H,15,17). The minimum atomic E-state index is -0.360. The Morgan fingerprint density at radius 2 is 1.89 bits per heavy atom. The topological polar surface area (TPSA) is 85.8 Å². The fraction of sp³-hybridized carbons (Fsp3) is 0.250. The predicted octanol–water partition coefficient (Wildman–Crippen LogP) is 1.87. The molecule has 19 heavy (non-hydrogen) atoms. The lowest BCUT2D eigenvalue weighted by molar-refractivity contribution is 0.716. The molecule has 0 aliphatic carbocycles. The minimum Gasteiger partial charge on any atom is -0.333 e. The van der Waals surface area contributed by atoms with E-state index in [-0.39, 0.29) is 17.4 Å². The van der Waals surface area contributed by atoms with Crippen LogP contribution in [0.25, 0.3) is 0 Å². The van der Waals surface area contributed by atoms with Crippen LogP contribution in [-0.4, -0.2) is 14.9 Å². The van der Waals surface area contributed by atoms with Gasteiger partial charge < -0.3 is 11.2 Å². The normalized spacial score (nSPS) is 10.7. The molecule has 0 aliphatic rings. The molecule has 0 atom stereocenters. The van der Waals surface area contributed by atoms with E-state index in [0.29, 0.717) is 10.7 Å². The maximum atomic E-state index is 11.9. The molecule has 0 radical (unpaired) electrons. The highest BCUT2D eigenvalue weighted by molar-refractivity contribution is 6.30. The van der Waals surface area contributed by atoms with Crippen molar-refractivity contribution in [1.29, 1.82) is 0 Å². The van der Waals surface area contributed by atoms with Crippen molar-refractivity contribution in [3.05, 3.63) is 45.3 Å². The molecule has 0 fully saturated rings. The third kappa shape index (κ3) is 2.85. The van der Waals surface area contributed by atoms with E-state index in [4.69, 9.17) is 17.4 Å². The van der Waals surface area contributed by atoms with Crippen LogP contribution in [0.3, 0.4) is 0 Å². The number of anilines is 2. The molecule has 1 aromatic carbocycles. The van der Waals surface area contributed by atoms with Gasteiger partial charge in [-0.1, -0.05) is 25.4 Å². The zero-order valence-electron chi connectivity index (χ0n) is 10.6. The zero-order chi connectivity index (χ0) is 14.0. The molecule has 2 rings (SSSR count). The number of hydrogen-bond acceptors (Lipinski definition) is 5. The lowest BCUT2D eigenvalue weighted by Crippen LogP contribution is -2.34. The first kappa shape index (κ1) is 13.4. The molecule has 0 aliphatic heterocycles. The van der Waals surface area contributed by atoms with E-state index in [0.717, 1.165) is 10.4 Å². The quantitative estimate of drug-likeness (QED) is 0.838. The summed E-state index contributed by atoms with van der Waals surface area (Å²) in [5.74, 6) is 5.86.